The molecule has 3 saturated carbocycles. The van der Waals surface area contributed by atoms with Crippen LogP contribution in [0.2, 0.25) is 0 Å². The second-order valence-electron chi connectivity index (χ2n) is 12.2. The van der Waals surface area contributed by atoms with Gasteiger partial charge in [-0.3, -0.25) is 4.79 Å². The highest BCUT2D eigenvalue weighted by molar-refractivity contribution is 5.91. The number of aromatic nitrogens is 2. The molecule has 0 spiro atoms. The summed E-state index contributed by atoms with van der Waals surface area (Å²) in [6.45, 7) is 4.94. The molecule has 0 saturated heterocycles. The average Bonchev–Trinajstić information content (AvgIpc) is 3.49. The largest absolute Gasteiger partial charge is 0.497 e. The SMILES string of the molecule is COC(=O)c1cc([C@H]2CC[C@H]3[C@@H]4CCC5=CC(=O)CC[C@]5(C)[C@H]4CC[C@]23C)n(-c2ccc(OC)cc2)n1. The molecule has 0 bridgehead atoms. The lowest BCUT2D eigenvalue weighted by Gasteiger charge is -2.58. The van der Waals surface area contributed by atoms with Crippen LogP contribution in [-0.2, 0) is 9.53 Å². The van der Waals surface area contributed by atoms with Crippen LogP contribution in [0, 0.1) is 28.6 Å². The van der Waals surface area contributed by atoms with Crippen molar-refractivity contribution >= 4 is 11.8 Å². The highest BCUT2D eigenvalue weighted by atomic mass is 16.5. The van der Waals surface area contributed by atoms with E-state index >= 15 is 0 Å². The average molecular weight is 503 g/mol. The molecule has 0 aliphatic heterocycles. The van der Waals surface area contributed by atoms with E-state index in [1.165, 1.54) is 38.4 Å². The van der Waals surface area contributed by atoms with E-state index in [0.717, 1.165) is 36.4 Å². The van der Waals surface area contributed by atoms with Crippen molar-refractivity contribution in [2.24, 2.45) is 28.6 Å². The molecule has 1 aromatic carbocycles. The maximum Gasteiger partial charge on any atom is 0.358 e. The molecule has 6 nitrogen and oxygen atoms in total. The molecule has 0 unspecified atom stereocenters. The van der Waals surface area contributed by atoms with Gasteiger partial charge in [0.25, 0.3) is 0 Å². The number of ether oxygens (including phenoxy) is 2. The summed E-state index contributed by atoms with van der Waals surface area (Å²) in [6.07, 6.45) is 10.6. The Kier molecular flexibility index (Phi) is 5.85. The minimum Gasteiger partial charge on any atom is -0.497 e. The Morgan fingerprint density at radius 3 is 2.51 bits per heavy atom. The Labute approximate surface area is 219 Å². The number of carbonyl (C=O) groups is 2. The maximum atomic E-state index is 12.5. The van der Waals surface area contributed by atoms with Gasteiger partial charge in [0, 0.05) is 18.0 Å². The number of hydrogen-bond acceptors (Lipinski definition) is 5. The Morgan fingerprint density at radius 1 is 1.00 bits per heavy atom. The van der Waals surface area contributed by atoms with Crippen molar-refractivity contribution in [1.82, 2.24) is 9.78 Å². The van der Waals surface area contributed by atoms with Gasteiger partial charge in [0.2, 0.25) is 0 Å². The molecule has 0 amide bonds. The van der Waals surface area contributed by atoms with E-state index < -0.39 is 5.97 Å². The van der Waals surface area contributed by atoms with Crippen molar-refractivity contribution in [1.29, 1.82) is 0 Å². The lowest BCUT2D eigenvalue weighted by molar-refractivity contribution is -0.117. The molecule has 4 aliphatic rings. The van der Waals surface area contributed by atoms with Crippen LogP contribution in [-0.4, -0.2) is 35.8 Å². The summed E-state index contributed by atoms with van der Waals surface area (Å²) >= 11 is 0. The first-order chi connectivity index (χ1) is 17.8. The Bertz CT molecular complexity index is 1260. The van der Waals surface area contributed by atoms with Crippen molar-refractivity contribution in [3.05, 3.63) is 53.4 Å². The van der Waals surface area contributed by atoms with Crippen molar-refractivity contribution in [3.63, 3.8) is 0 Å². The fraction of sp³-hybridized carbons (Fsp3) is 0.581. The highest BCUT2D eigenvalue weighted by Crippen LogP contribution is 2.68. The van der Waals surface area contributed by atoms with Crippen LogP contribution in [0.25, 0.3) is 5.69 Å². The van der Waals surface area contributed by atoms with Crippen LogP contribution < -0.4 is 4.74 Å². The number of ketones is 1. The number of allylic oxidation sites excluding steroid dienone is 1. The van der Waals surface area contributed by atoms with Gasteiger partial charge in [0.1, 0.15) is 5.75 Å². The van der Waals surface area contributed by atoms with Gasteiger partial charge >= 0.3 is 5.97 Å². The van der Waals surface area contributed by atoms with Gasteiger partial charge in [0.05, 0.1) is 19.9 Å². The molecule has 0 N–H and O–H groups in total. The van der Waals surface area contributed by atoms with Gasteiger partial charge in [0.15, 0.2) is 11.5 Å². The molecule has 1 aromatic heterocycles. The molecule has 4 aliphatic carbocycles. The van der Waals surface area contributed by atoms with E-state index in [-0.39, 0.29) is 10.8 Å². The number of esters is 1. The predicted octanol–water partition coefficient (Wildman–Crippen LogP) is 6.28. The third-order valence-electron chi connectivity index (χ3n) is 10.8. The van der Waals surface area contributed by atoms with Gasteiger partial charge in [-0.1, -0.05) is 19.4 Å². The summed E-state index contributed by atoms with van der Waals surface area (Å²) in [5, 5.41) is 4.74. The van der Waals surface area contributed by atoms with Crippen molar-refractivity contribution < 1.29 is 19.1 Å². The zero-order valence-corrected chi connectivity index (χ0v) is 22.5. The normalized spacial score (nSPS) is 34.7. The number of hydrogen-bond donors (Lipinski definition) is 0. The third kappa shape index (κ3) is 3.70. The summed E-state index contributed by atoms with van der Waals surface area (Å²) in [6, 6.07) is 9.85. The standard InChI is InChI=1S/C31H38N2O4/c1-30-15-13-21(34)17-19(30)5-10-23-24-11-12-26(31(24,2)16-14-25(23)30)28-18-27(29(35)37-4)32-33(28)20-6-8-22(36-3)9-7-20/h6-9,17-18,23-26H,5,10-16H2,1-4H3/t23-,24-,25-,26+,30-,31-/m0/s1. The second-order valence-corrected chi connectivity index (χ2v) is 12.2. The monoisotopic (exact) mass is 502 g/mol. The van der Waals surface area contributed by atoms with Crippen molar-refractivity contribution in [2.75, 3.05) is 14.2 Å². The first kappa shape index (κ1) is 24.4. The predicted molar refractivity (Wildman–Crippen MR) is 141 cm³/mol. The van der Waals surface area contributed by atoms with E-state index in [0.29, 0.717) is 41.6 Å². The van der Waals surface area contributed by atoms with Gasteiger partial charge < -0.3 is 9.47 Å². The third-order valence-corrected chi connectivity index (χ3v) is 10.8. The van der Waals surface area contributed by atoms with E-state index in [1.807, 2.05) is 41.1 Å². The number of benzene rings is 1. The molecular weight excluding hydrogens is 464 g/mol. The fourth-order valence-electron chi connectivity index (χ4n) is 8.82. The van der Waals surface area contributed by atoms with Gasteiger partial charge in [-0.05, 0) is 110 Å². The van der Waals surface area contributed by atoms with Crippen LogP contribution >= 0.6 is 0 Å². The smallest absolute Gasteiger partial charge is 0.358 e. The molecule has 2 aromatic rings. The summed E-state index contributed by atoms with van der Waals surface area (Å²) in [7, 11) is 3.07. The Hall–Kier alpha value is -2.89. The molecule has 1 heterocycles. The fourth-order valence-corrected chi connectivity index (χ4v) is 8.82. The summed E-state index contributed by atoms with van der Waals surface area (Å²) < 4.78 is 12.4. The molecule has 3 fully saturated rings. The summed E-state index contributed by atoms with van der Waals surface area (Å²) in [4.78, 5) is 24.7. The summed E-state index contributed by atoms with van der Waals surface area (Å²) in [5.74, 6) is 3.03. The zero-order valence-electron chi connectivity index (χ0n) is 22.5. The van der Waals surface area contributed by atoms with Crippen LogP contribution in [0.15, 0.2) is 42.0 Å². The van der Waals surface area contributed by atoms with E-state index in [1.54, 1.807) is 7.11 Å². The molecule has 6 atom stereocenters. The number of fused-ring (bicyclic) bond motifs is 5. The molecule has 6 rings (SSSR count). The minimum absolute atomic E-state index is 0.154. The lowest BCUT2D eigenvalue weighted by atomic mass is 9.47. The van der Waals surface area contributed by atoms with Gasteiger partial charge in [-0.15, -0.1) is 0 Å². The molecule has 6 heteroatoms. The van der Waals surface area contributed by atoms with Crippen molar-refractivity contribution in [2.45, 2.75) is 71.1 Å². The van der Waals surface area contributed by atoms with Gasteiger partial charge in [-0.25, -0.2) is 9.48 Å². The molecular formula is C31H38N2O4. The first-order valence-corrected chi connectivity index (χ1v) is 13.8. The van der Waals surface area contributed by atoms with E-state index in [4.69, 9.17) is 14.6 Å². The Morgan fingerprint density at radius 2 is 1.78 bits per heavy atom. The topological polar surface area (TPSA) is 70.4 Å². The first-order valence-electron chi connectivity index (χ1n) is 13.8. The molecule has 196 valence electrons. The quantitative estimate of drug-likeness (QED) is 0.460. The number of carbonyl (C=O) groups excluding carboxylic acids is 2. The minimum atomic E-state index is -0.400. The zero-order chi connectivity index (χ0) is 25.9. The van der Waals surface area contributed by atoms with Crippen LogP contribution in [0.4, 0.5) is 0 Å². The number of methoxy groups -OCH3 is 2. The second kappa shape index (κ2) is 8.85. The number of nitrogens with zero attached hydrogens (tertiary/aromatic N) is 2. The van der Waals surface area contributed by atoms with E-state index in [2.05, 4.69) is 13.8 Å². The summed E-state index contributed by atoms with van der Waals surface area (Å²) in [5.41, 5.74) is 4.16. The lowest BCUT2D eigenvalue weighted by Crippen LogP contribution is -2.50. The Balaban J connectivity index is 1.36. The van der Waals surface area contributed by atoms with Crippen LogP contribution in [0.3, 0.4) is 0 Å². The van der Waals surface area contributed by atoms with E-state index in [9.17, 15) is 9.59 Å². The number of rotatable bonds is 4. The molecule has 37 heavy (non-hydrogen) atoms. The van der Waals surface area contributed by atoms with Crippen molar-refractivity contribution in [3.8, 4) is 11.4 Å². The highest BCUT2D eigenvalue weighted by Gasteiger charge is 2.59. The maximum absolute atomic E-state index is 12.5. The molecule has 0 radical (unpaired) electrons. The van der Waals surface area contributed by atoms with Crippen LogP contribution in [0.5, 0.6) is 5.75 Å². The van der Waals surface area contributed by atoms with Crippen LogP contribution in [0.1, 0.15) is 87.3 Å². The van der Waals surface area contributed by atoms with Gasteiger partial charge in [-0.2, -0.15) is 5.10 Å².